The number of rotatable bonds is 6. The number of benzene rings is 2. The van der Waals surface area contributed by atoms with Crippen LogP contribution in [0.3, 0.4) is 0 Å². The molecule has 0 aliphatic heterocycles. The van der Waals surface area contributed by atoms with Crippen molar-refractivity contribution in [1.82, 2.24) is 0 Å². The minimum Gasteiger partial charge on any atom is -0.294 e. The standard InChI is InChI=1S/C19H21NO/c1-3-17(14-20-13-16-7-5-4-6-8-16)19(21)18-11-9-15(2)10-12-18/h4-13,17H,3,14H2,1-2H3. The fourth-order valence-corrected chi connectivity index (χ4v) is 2.18. The van der Waals surface area contributed by atoms with E-state index in [0.29, 0.717) is 6.54 Å². The van der Waals surface area contributed by atoms with Crippen molar-refractivity contribution in [2.75, 3.05) is 6.54 Å². The summed E-state index contributed by atoms with van der Waals surface area (Å²) in [5.74, 6) is 0.135. The Bertz CT molecular complexity index is 599. The summed E-state index contributed by atoms with van der Waals surface area (Å²) in [5, 5.41) is 0. The molecule has 0 saturated carbocycles. The van der Waals surface area contributed by atoms with Gasteiger partial charge in [-0.2, -0.15) is 0 Å². The zero-order chi connectivity index (χ0) is 15.1. The van der Waals surface area contributed by atoms with Crippen LogP contribution in [-0.4, -0.2) is 18.5 Å². The Balaban J connectivity index is 2.01. The first-order chi connectivity index (χ1) is 10.2. The first-order valence-corrected chi connectivity index (χ1v) is 7.36. The predicted molar refractivity (Wildman–Crippen MR) is 88.2 cm³/mol. The third-order valence-electron chi connectivity index (χ3n) is 3.57. The van der Waals surface area contributed by atoms with Crippen molar-refractivity contribution in [1.29, 1.82) is 0 Å². The van der Waals surface area contributed by atoms with Gasteiger partial charge in [0.15, 0.2) is 5.78 Å². The fourth-order valence-electron chi connectivity index (χ4n) is 2.18. The maximum absolute atomic E-state index is 12.5. The first-order valence-electron chi connectivity index (χ1n) is 7.36. The fraction of sp³-hybridized carbons (Fsp3) is 0.263. The van der Waals surface area contributed by atoms with Gasteiger partial charge in [0.05, 0.1) is 0 Å². The number of aliphatic imine (C=N–C) groups is 1. The zero-order valence-electron chi connectivity index (χ0n) is 12.6. The second kappa shape index (κ2) is 7.53. The van der Waals surface area contributed by atoms with Gasteiger partial charge in [-0.05, 0) is 18.9 Å². The summed E-state index contributed by atoms with van der Waals surface area (Å²) in [7, 11) is 0. The van der Waals surface area contributed by atoms with E-state index in [1.807, 2.05) is 74.7 Å². The lowest BCUT2D eigenvalue weighted by Gasteiger charge is -2.11. The summed E-state index contributed by atoms with van der Waals surface area (Å²) in [6, 6.07) is 17.7. The molecule has 1 unspecified atom stereocenters. The molecule has 2 rings (SSSR count). The van der Waals surface area contributed by atoms with Crippen LogP contribution in [0.25, 0.3) is 0 Å². The number of hydrogen-bond donors (Lipinski definition) is 0. The molecule has 0 fully saturated rings. The number of carbonyl (C=O) groups excluding carboxylic acids is 1. The van der Waals surface area contributed by atoms with E-state index in [4.69, 9.17) is 0 Å². The predicted octanol–water partition coefficient (Wildman–Crippen LogP) is 4.32. The van der Waals surface area contributed by atoms with Crippen LogP contribution in [0.1, 0.15) is 34.8 Å². The lowest BCUT2D eigenvalue weighted by atomic mass is 9.95. The average molecular weight is 279 g/mol. The molecule has 2 aromatic carbocycles. The van der Waals surface area contributed by atoms with E-state index >= 15 is 0 Å². The number of ketones is 1. The van der Waals surface area contributed by atoms with Gasteiger partial charge in [-0.15, -0.1) is 0 Å². The minimum absolute atomic E-state index is 0.0485. The van der Waals surface area contributed by atoms with Gasteiger partial charge in [0.2, 0.25) is 0 Å². The lowest BCUT2D eigenvalue weighted by Crippen LogP contribution is -2.17. The van der Waals surface area contributed by atoms with E-state index in [0.717, 1.165) is 17.5 Å². The van der Waals surface area contributed by atoms with Crippen LogP contribution in [0.5, 0.6) is 0 Å². The van der Waals surface area contributed by atoms with Gasteiger partial charge in [-0.25, -0.2) is 0 Å². The van der Waals surface area contributed by atoms with Crippen molar-refractivity contribution >= 4 is 12.0 Å². The van der Waals surface area contributed by atoms with E-state index in [9.17, 15) is 4.79 Å². The maximum atomic E-state index is 12.5. The third kappa shape index (κ3) is 4.38. The smallest absolute Gasteiger partial charge is 0.167 e. The van der Waals surface area contributed by atoms with Gasteiger partial charge < -0.3 is 0 Å². The molecule has 0 aliphatic carbocycles. The largest absolute Gasteiger partial charge is 0.294 e. The van der Waals surface area contributed by atoms with Crippen LogP contribution >= 0.6 is 0 Å². The van der Waals surface area contributed by atoms with Crippen molar-refractivity contribution in [3.63, 3.8) is 0 Å². The topological polar surface area (TPSA) is 29.4 Å². The highest BCUT2D eigenvalue weighted by Gasteiger charge is 2.17. The SMILES string of the molecule is CCC(CN=Cc1ccccc1)C(=O)c1ccc(C)cc1. The Labute approximate surface area is 126 Å². The van der Waals surface area contributed by atoms with Gasteiger partial charge >= 0.3 is 0 Å². The van der Waals surface area contributed by atoms with Gasteiger partial charge in [0.1, 0.15) is 0 Å². The van der Waals surface area contributed by atoms with Crippen LogP contribution in [0.4, 0.5) is 0 Å². The van der Waals surface area contributed by atoms with E-state index in [-0.39, 0.29) is 11.7 Å². The average Bonchev–Trinajstić information content (AvgIpc) is 2.53. The third-order valence-corrected chi connectivity index (χ3v) is 3.57. The van der Waals surface area contributed by atoms with Gasteiger partial charge in [-0.3, -0.25) is 9.79 Å². The normalized spacial score (nSPS) is 12.5. The molecule has 0 heterocycles. The first kappa shape index (κ1) is 15.2. The van der Waals surface area contributed by atoms with Gasteiger partial charge in [0.25, 0.3) is 0 Å². The molecule has 0 amide bonds. The molecular formula is C19H21NO. The molecule has 0 N–H and O–H groups in total. The second-order valence-electron chi connectivity index (χ2n) is 5.24. The Kier molecular flexibility index (Phi) is 5.44. The Hall–Kier alpha value is -2.22. The lowest BCUT2D eigenvalue weighted by molar-refractivity contribution is 0.0921. The van der Waals surface area contributed by atoms with E-state index in [1.54, 1.807) is 0 Å². The van der Waals surface area contributed by atoms with Crippen LogP contribution in [-0.2, 0) is 0 Å². The quantitative estimate of drug-likeness (QED) is 0.572. The Morgan fingerprint density at radius 1 is 1.10 bits per heavy atom. The molecule has 0 radical (unpaired) electrons. The molecular weight excluding hydrogens is 258 g/mol. The molecule has 0 saturated heterocycles. The van der Waals surface area contributed by atoms with Gasteiger partial charge in [-0.1, -0.05) is 67.1 Å². The van der Waals surface area contributed by atoms with E-state index in [1.165, 1.54) is 5.56 Å². The highest BCUT2D eigenvalue weighted by molar-refractivity contribution is 5.98. The Morgan fingerprint density at radius 3 is 2.38 bits per heavy atom. The second-order valence-corrected chi connectivity index (χ2v) is 5.24. The van der Waals surface area contributed by atoms with Crippen molar-refractivity contribution in [3.8, 4) is 0 Å². The molecule has 0 aromatic heterocycles. The molecule has 0 aliphatic rings. The molecule has 2 heteroatoms. The van der Waals surface area contributed by atoms with E-state index in [2.05, 4.69) is 4.99 Å². The number of Topliss-reactive ketones (excluding diaryl/α,β-unsaturated/α-hetero) is 1. The van der Waals surface area contributed by atoms with Crippen LogP contribution in [0.2, 0.25) is 0 Å². The molecule has 2 nitrogen and oxygen atoms in total. The molecule has 2 aromatic rings. The number of hydrogen-bond acceptors (Lipinski definition) is 2. The molecule has 108 valence electrons. The summed E-state index contributed by atoms with van der Waals surface area (Å²) in [6.45, 7) is 4.60. The molecule has 0 spiro atoms. The Morgan fingerprint density at radius 2 is 1.76 bits per heavy atom. The molecule has 0 bridgehead atoms. The number of nitrogens with zero attached hydrogens (tertiary/aromatic N) is 1. The summed E-state index contributed by atoms with van der Waals surface area (Å²) < 4.78 is 0. The van der Waals surface area contributed by atoms with E-state index < -0.39 is 0 Å². The maximum Gasteiger partial charge on any atom is 0.167 e. The summed E-state index contributed by atoms with van der Waals surface area (Å²) in [6.07, 6.45) is 2.64. The summed E-state index contributed by atoms with van der Waals surface area (Å²) in [5.41, 5.74) is 3.01. The molecule has 1 atom stereocenters. The van der Waals surface area contributed by atoms with Crippen LogP contribution in [0.15, 0.2) is 59.6 Å². The summed E-state index contributed by atoms with van der Waals surface area (Å²) in [4.78, 5) is 16.9. The summed E-state index contributed by atoms with van der Waals surface area (Å²) >= 11 is 0. The van der Waals surface area contributed by atoms with Crippen LogP contribution in [0, 0.1) is 12.8 Å². The van der Waals surface area contributed by atoms with Crippen molar-refractivity contribution < 1.29 is 4.79 Å². The number of carbonyl (C=O) groups is 1. The molecule has 21 heavy (non-hydrogen) atoms. The highest BCUT2D eigenvalue weighted by atomic mass is 16.1. The minimum atomic E-state index is -0.0485. The van der Waals surface area contributed by atoms with Crippen molar-refractivity contribution in [2.24, 2.45) is 10.9 Å². The van der Waals surface area contributed by atoms with Crippen molar-refractivity contribution in [3.05, 3.63) is 71.3 Å². The number of aryl methyl sites for hydroxylation is 1. The van der Waals surface area contributed by atoms with Gasteiger partial charge in [0, 0.05) is 24.2 Å². The van der Waals surface area contributed by atoms with Crippen LogP contribution < -0.4 is 0 Å². The monoisotopic (exact) mass is 279 g/mol. The zero-order valence-corrected chi connectivity index (χ0v) is 12.6. The van der Waals surface area contributed by atoms with Crippen molar-refractivity contribution in [2.45, 2.75) is 20.3 Å². The highest BCUT2D eigenvalue weighted by Crippen LogP contribution is 2.14.